The third-order valence-corrected chi connectivity index (χ3v) is 6.24. The molecular weight excluding hydrogens is 379 g/mol. The normalized spacial score (nSPS) is 20.0. The predicted molar refractivity (Wildman–Crippen MR) is 115 cm³/mol. The number of hydrogen-bond donors (Lipinski definition) is 1. The van der Waals surface area contributed by atoms with Gasteiger partial charge in [-0.2, -0.15) is 5.10 Å². The van der Waals surface area contributed by atoms with Gasteiger partial charge < -0.3 is 4.90 Å². The summed E-state index contributed by atoms with van der Waals surface area (Å²) in [5.41, 5.74) is 3.85. The maximum Gasteiger partial charge on any atom is 0.225 e. The van der Waals surface area contributed by atoms with Crippen LogP contribution in [0.2, 0.25) is 0 Å². The Hall–Kier alpha value is -2.80. The first-order chi connectivity index (χ1) is 14.8. The molecule has 0 aliphatic carbocycles. The fraction of sp³-hybridized carbons (Fsp3) is 0.435. The molecule has 0 saturated carbocycles. The first-order valence-corrected chi connectivity index (χ1v) is 10.9. The van der Waals surface area contributed by atoms with Gasteiger partial charge in [0.05, 0.1) is 11.9 Å². The van der Waals surface area contributed by atoms with Crippen molar-refractivity contribution < 1.29 is 4.39 Å². The molecule has 2 saturated heterocycles. The Morgan fingerprint density at radius 3 is 2.80 bits per heavy atom. The van der Waals surface area contributed by atoms with Crippen molar-refractivity contribution in [1.29, 1.82) is 0 Å². The van der Waals surface area contributed by atoms with E-state index >= 15 is 0 Å². The number of H-pyrrole nitrogens is 1. The van der Waals surface area contributed by atoms with Gasteiger partial charge in [0.1, 0.15) is 5.82 Å². The zero-order valence-electron chi connectivity index (χ0n) is 17.1. The van der Waals surface area contributed by atoms with Gasteiger partial charge in [0, 0.05) is 55.1 Å². The lowest BCUT2D eigenvalue weighted by molar-refractivity contribution is 0.196. The number of anilines is 1. The maximum atomic E-state index is 14.1. The average molecular weight is 407 g/mol. The minimum Gasteiger partial charge on any atom is -0.341 e. The standard InChI is InChI=1S/C23H27FN6/c24-20-8-2-1-6-17(20)15-29-11-5-7-18(16-29)22-19(14-26-28-22)21-9-10-25-23(27-21)30-12-3-4-13-30/h1-2,6,8-10,14,18H,3-5,7,11-13,15-16H2,(H,26,28)/t18-/m0/s1. The lowest BCUT2D eigenvalue weighted by Crippen LogP contribution is -2.34. The molecule has 156 valence electrons. The van der Waals surface area contributed by atoms with E-state index in [-0.39, 0.29) is 5.82 Å². The highest BCUT2D eigenvalue weighted by atomic mass is 19.1. The van der Waals surface area contributed by atoms with Crippen molar-refractivity contribution in [3.8, 4) is 11.3 Å². The van der Waals surface area contributed by atoms with Crippen LogP contribution in [0.3, 0.4) is 0 Å². The van der Waals surface area contributed by atoms with E-state index in [0.29, 0.717) is 12.5 Å². The Bertz CT molecular complexity index is 997. The second-order valence-electron chi connectivity index (χ2n) is 8.30. The maximum absolute atomic E-state index is 14.1. The first-order valence-electron chi connectivity index (χ1n) is 10.9. The number of hydrogen-bond acceptors (Lipinski definition) is 5. The fourth-order valence-electron chi connectivity index (χ4n) is 4.68. The fourth-order valence-corrected chi connectivity index (χ4v) is 4.68. The van der Waals surface area contributed by atoms with Crippen LogP contribution in [-0.4, -0.2) is 51.2 Å². The van der Waals surface area contributed by atoms with E-state index in [1.165, 1.54) is 18.9 Å². The Morgan fingerprint density at radius 1 is 1.07 bits per heavy atom. The summed E-state index contributed by atoms with van der Waals surface area (Å²) in [6.07, 6.45) is 8.29. The third-order valence-electron chi connectivity index (χ3n) is 6.24. The van der Waals surface area contributed by atoms with Crippen LogP contribution in [-0.2, 0) is 6.54 Å². The Kier molecular flexibility index (Phi) is 5.45. The van der Waals surface area contributed by atoms with Crippen molar-refractivity contribution in [1.82, 2.24) is 25.1 Å². The smallest absolute Gasteiger partial charge is 0.225 e. The largest absolute Gasteiger partial charge is 0.341 e. The van der Waals surface area contributed by atoms with Crippen LogP contribution < -0.4 is 4.90 Å². The van der Waals surface area contributed by atoms with Gasteiger partial charge in [-0.25, -0.2) is 14.4 Å². The summed E-state index contributed by atoms with van der Waals surface area (Å²) < 4.78 is 14.1. The van der Waals surface area contributed by atoms with Crippen LogP contribution in [0.25, 0.3) is 11.3 Å². The molecule has 0 bridgehead atoms. The minimum atomic E-state index is -0.128. The van der Waals surface area contributed by atoms with E-state index in [1.54, 1.807) is 6.07 Å². The summed E-state index contributed by atoms with van der Waals surface area (Å²) in [5.74, 6) is 1.01. The number of rotatable bonds is 5. The van der Waals surface area contributed by atoms with Crippen LogP contribution in [0.5, 0.6) is 0 Å². The number of likely N-dealkylation sites (tertiary alicyclic amines) is 1. The summed E-state index contributed by atoms with van der Waals surface area (Å²) in [6.45, 7) is 4.55. The molecule has 0 amide bonds. The van der Waals surface area contributed by atoms with Gasteiger partial charge in [0.2, 0.25) is 5.95 Å². The molecule has 2 aliphatic heterocycles. The second-order valence-corrected chi connectivity index (χ2v) is 8.30. The molecule has 0 spiro atoms. The van der Waals surface area contributed by atoms with Crippen LogP contribution in [0, 0.1) is 5.82 Å². The van der Waals surface area contributed by atoms with Gasteiger partial charge in [-0.1, -0.05) is 18.2 Å². The summed E-state index contributed by atoms with van der Waals surface area (Å²) in [7, 11) is 0. The lowest BCUT2D eigenvalue weighted by atomic mass is 9.91. The Labute approximate surface area is 176 Å². The lowest BCUT2D eigenvalue weighted by Gasteiger charge is -2.32. The molecule has 0 unspecified atom stereocenters. The van der Waals surface area contributed by atoms with Crippen LogP contribution in [0.15, 0.2) is 42.7 Å². The third kappa shape index (κ3) is 3.94. The molecule has 2 fully saturated rings. The zero-order valence-corrected chi connectivity index (χ0v) is 17.1. The van der Waals surface area contributed by atoms with Crippen LogP contribution in [0.1, 0.15) is 42.9 Å². The Balaban J connectivity index is 1.35. The molecule has 1 aromatic carbocycles. The quantitative estimate of drug-likeness (QED) is 0.694. The van der Waals surface area contributed by atoms with E-state index in [2.05, 4.69) is 25.0 Å². The summed E-state index contributed by atoms with van der Waals surface area (Å²) in [5, 5.41) is 7.58. The number of aromatic nitrogens is 4. The Morgan fingerprint density at radius 2 is 1.93 bits per heavy atom. The first kappa shape index (κ1) is 19.2. The average Bonchev–Trinajstić information content (AvgIpc) is 3.48. The zero-order chi connectivity index (χ0) is 20.3. The van der Waals surface area contributed by atoms with Crippen LogP contribution >= 0.6 is 0 Å². The van der Waals surface area contributed by atoms with Gasteiger partial charge in [0.25, 0.3) is 0 Å². The molecule has 30 heavy (non-hydrogen) atoms. The van der Waals surface area contributed by atoms with Crippen molar-refractivity contribution in [2.24, 2.45) is 0 Å². The molecule has 0 radical (unpaired) electrons. The van der Waals surface area contributed by atoms with E-state index in [9.17, 15) is 4.39 Å². The van der Waals surface area contributed by atoms with Crippen molar-refractivity contribution in [2.75, 3.05) is 31.1 Å². The van der Waals surface area contributed by atoms with Gasteiger partial charge >= 0.3 is 0 Å². The van der Waals surface area contributed by atoms with E-state index in [1.807, 2.05) is 30.6 Å². The van der Waals surface area contributed by atoms with Crippen molar-refractivity contribution >= 4 is 5.95 Å². The molecule has 3 aromatic rings. The number of halogens is 1. The number of aromatic amines is 1. The van der Waals surface area contributed by atoms with Gasteiger partial charge in [-0.3, -0.25) is 10.00 Å². The summed E-state index contributed by atoms with van der Waals surface area (Å²) >= 11 is 0. The predicted octanol–water partition coefficient (Wildman–Crippen LogP) is 3.99. The molecule has 2 aromatic heterocycles. The topological polar surface area (TPSA) is 60.9 Å². The van der Waals surface area contributed by atoms with E-state index in [0.717, 1.165) is 67.5 Å². The SMILES string of the molecule is Fc1ccccc1CN1CCC[C@H](c2[nH]ncc2-c2ccnc(N3CCCC3)n2)C1. The van der Waals surface area contributed by atoms with Crippen LogP contribution in [0.4, 0.5) is 10.3 Å². The van der Waals surface area contributed by atoms with Crippen molar-refractivity contribution in [3.05, 3.63) is 59.8 Å². The van der Waals surface area contributed by atoms with E-state index in [4.69, 9.17) is 4.98 Å². The summed E-state index contributed by atoms with van der Waals surface area (Å²) in [6, 6.07) is 9.03. The number of piperidine rings is 1. The highest BCUT2D eigenvalue weighted by Crippen LogP contribution is 2.33. The summed E-state index contributed by atoms with van der Waals surface area (Å²) in [4.78, 5) is 13.9. The number of nitrogens with one attached hydrogen (secondary N) is 1. The highest BCUT2D eigenvalue weighted by Gasteiger charge is 2.26. The molecular formula is C23H27FN6. The molecule has 6 nitrogen and oxygen atoms in total. The molecule has 1 atom stereocenters. The monoisotopic (exact) mass is 406 g/mol. The molecule has 1 N–H and O–H groups in total. The van der Waals surface area contributed by atoms with Gasteiger partial charge in [-0.15, -0.1) is 0 Å². The minimum absolute atomic E-state index is 0.128. The molecule has 7 heteroatoms. The second kappa shape index (κ2) is 8.52. The molecule has 4 heterocycles. The van der Waals surface area contributed by atoms with Gasteiger partial charge in [-0.05, 0) is 44.4 Å². The molecule has 5 rings (SSSR count). The van der Waals surface area contributed by atoms with Crippen molar-refractivity contribution in [2.45, 2.75) is 38.1 Å². The van der Waals surface area contributed by atoms with Crippen molar-refractivity contribution in [3.63, 3.8) is 0 Å². The number of nitrogens with zero attached hydrogens (tertiary/aromatic N) is 5. The van der Waals surface area contributed by atoms with Gasteiger partial charge in [0.15, 0.2) is 0 Å². The molecule has 2 aliphatic rings. The van der Waals surface area contributed by atoms with E-state index < -0.39 is 0 Å². The highest BCUT2D eigenvalue weighted by molar-refractivity contribution is 5.63. The number of benzene rings is 1.